The summed E-state index contributed by atoms with van der Waals surface area (Å²) in [6.07, 6.45) is 0. The molecule has 1 aliphatic rings. The highest BCUT2D eigenvalue weighted by atomic mass is 35.5. The molecule has 0 atom stereocenters. The average Bonchev–Trinajstić information content (AvgIpc) is 2.35. The van der Waals surface area contributed by atoms with Crippen molar-refractivity contribution in [3.8, 4) is 11.5 Å². The summed E-state index contributed by atoms with van der Waals surface area (Å²) >= 11 is 5.81. The van der Waals surface area contributed by atoms with Crippen molar-refractivity contribution in [3.63, 3.8) is 0 Å². The van der Waals surface area contributed by atoms with E-state index < -0.39 is 0 Å². The second-order valence-corrected chi connectivity index (χ2v) is 4.35. The number of benzene rings is 1. The molecule has 3 heteroatoms. The first-order valence-electron chi connectivity index (χ1n) is 4.17. The summed E-state index contributed by atoms with van der Waals surface area (Å²) in [5, 5.41) is 10.1. The first-order chi connectivity index (χ1) is 6.02. The van der Waals surface area contributed by atoms with Crippen LogP contribution in [0.3, 0.4) is 0 Å². The molecule has 1 N–H and O–H groups in total. The molecule has 1 aliphatic heterocycles. The smallest absolute Gasteiger partial charge is 0.141 e. The summed E-state index contributed by atoms with van der Waals surface area (Å²) in [5.74, 6) is 0.897. The zero-order valence-electron chi connectivity index (χ0n) is 7.60. The van der Waals surface area contributed by atoms with Gasteiger partial charge >= 0.3 is 0 Å². The second kappa shape index (κ2) is 2.55. The van der Waals surface area contributed by atoms with Crippen LogP contribution in [0.1, 0.15) is 19.4 Å². The van der Waals surface area contributed by atoms with E-state index in [9.17, 15) is 5.11 Å². The van der Waals surface area contributed by atoms with Crippen LogP contribution in [0.15, 0.2) is 12.1 Å². The number of hydrogen-bond acceptors (Lipinski definition) is 2. The van der Waals surface area contributed by atoms with Crippen LogP contribution in [0.4, 0.5) is 0 Å². The topological polar surface area (TPSA) is 29.5 Å². The Bertz CT molecular complexity index is 358. The third-order valence-corrected chi connectivity index (χ3v) is 2.66. The van der Waals surface area contributed by atoms with Gasteiger partial charge < -0.3 is 9.84 Å². The van der Waals surface area contributed by atoms with E-state index >= 15 is 0 Å². The number of rotatable bonds is 0. The second-order valence-electron chi connectivity index (χ2n) is 3.94. The number of ether oxygens (including phenoxy) is 1. The van der Waals surface area contributed by atoms with Crippen molar-refractivity contribution in [1.29, 1.82) is 0 Å². The predicted octanol–water partition coefficient (Wildman–Crippen LogP) is 2.72. The Morgan fingerprint density at radius 1 is 1.46 bits per heavy atom. The van der Waals surface area contributed by atoms with Crippen molar-refractivity contribution in [1.82, 2.24) is 0 Å². The predicted molar refractivity (Wildman–Crippen MR) is 51.6 cm³/mol. The van der Waals surface area contributed by atoms with Gasteiger partial charge in [0.15, 0.2) is 0 Å². The van der Waals surface area contributed by atoms with Crippen LogP contribution in [0, 0.1) is 0 Å². The lowest BCUT2D eigenvalue weighted by molar-refractivity contribution is 0.290. The Morgan fingerprint density at radius 3 is 2.85 bits per heavy atom. The van der Waals surface area contributed by atoms with Crippen molar-refractivity contribution < 1.29 is 9.84 Å². The van der Waals surface area contributed by atoms with Gasteiger partial charge in [-0.05, 0) is 12.1 Å². The molecular formula is C10H11ClO2. The maximum absolute atomic E-state index is 9.74. The summed E-state index contributed by atoms with van der Waals surface area (Å²) in [6, 6.07) is 3.45. The van der Waals surface area contributed by atoms with Gasteiger partial charge in [-0.25, -0.2) is 0 Å². The fourth-order valence-corrected chi connectivity index (χ4v) is 1.81. The summed E-state index contributed by atoms with van der Waals surface area (Å²) < 4.78 is 5.43. The minimum atomic E-state index is -0.148. The molecule has 0 spiro atoms. The Morgan fingerprint density at radius 2 is 2.15 bits per heavy atom. The van der Waals surface area contributed by atoms with E-state index in [1.54, 1.807) is 12.1 Å². The summed E-state index contributed by atoms with van der Waals surface area (Å²) in [4.78, 5) is 0. The molecule has 0 saturated carbocycles. The normalized spacial score (nSPS) is 18.1. The van der Waals surface area contributed by atoms with Crippen molar-refractivity contribution in [2.75, 3.05) is 6.61 Å². The molecule has 1 aromatic carbocycles. The molecule has 0 aromatic heterocycles. The molecule has 1 aromatic rings. The minimum Gasteiger partial charge on any atom is -0.506 e. The molecular weight excluding hydrogens is 188 g/mol. The quantitative estimate of drug-likeness (QED) is 0.695. The Kier molecular flexibility index (Phi) is 1.70. The lowest BCUT2D eigenvalue weighted by Crippen LogP contribution is -2.18. The summed E-state index contributed by atoms with van der Waals surface area (Å²) in [5.41, 5.74) is 0.671. The average molecular weight is 199 g/mol. The van der Waals surface area contributed by atoms with Gasteiger partial charge in [0.1, 0.15) is 11.5 Å². The Labute approximate surface area is 82.1 Å². The SMILES string of the molecule is CC1(C)COc2ccc(Cl)c(O)c21. The van der Waals surface area contributed by atoms with Gasteiger partial charge in [0.2, 0.25) is 0 Å². The molecule has 0 amide bonds. The highest BCUT2D eigenvalue weighted by molar-refractivity contribution is 6.32. The minimum absolute atomic E-state index is 0.148. The number of aromatic hydroxyl groups is 1. The summed E-state index contributed by atoms with van der Waals surface area (Å²) in [6.45, 7) is 4.64. The molecule has 0 aliphatic carbocycles. The molecule has 70 valence electrons. The fourth-order valence-electron chi connectivity index (χ4n) is 1.65. The van der Waals surface area contributed by atoms with Gasteiger partial charge in [0, 0.05) is 11.0 Å². The number of hydrogen-bond donors (Lipinski definition) is 1. The third-order valence-electron chi connectivity index (χ3n) is 2.36. The van der Waals surface area contributed by atoms with E-state index in [1.165, 1.54) is 0 Å². The first-order valence-corrected chi connectivity index (χ1v) is 4.55. The lowest BCUT2D eigenvalue weighted by Gasteiger charge is -2.16. The molecule has 2 rings (SSSR count). The van der Waals surface area contributed by atoms with E-state index in [0.29, 0.717) is 11.6 Å². The molecule has 0 bridgehead atoms. The van der Waals surface area contributed by atoms with E-state index in [4.69, 9.17) is 16.3 Å². The van der Waals surface area contributed by atoms with Gasteiger partial charge in [0.05, 0.1) is 11.6 Å². The van der Waals surface area contributed by atoms with Crippen LogP contribution >= 0.6 is 11.6 Å². The van der Waals surface area contributed by atoms with Gasteiger partial charge in [-0.3, -0.25) is 0 Å². The first kappa shape index (κ1) is 8.70. The monoisotopic (exact) mass is 198 g/mol. The van der Waals surface area contributed by atoms with Crippen molar-refractivity contribution in [3.05, 3.63) is 22.7 Å². The molecule has 0 fully saturated rings. The lowest BCUT2D eigenvalue weighted by atomic mass is 9.86. The van der Waals surface area contributed by atoms with Gasteiger partial charge in [-0.1, -0.05) is 25.4 Å². The van der Waals surface area contributed by atoms with Crippen LogP contribution in [-0.2, 0) is 5.41 Å². The Hall–Kier alpha value is -0.890. The fraction of sp³-hybridized carbons (Fsp3) is 0.400. The molecule has 0 unspecified atom stereocenters. The van der Waals surface area contributed by atoms with Crippen LogP contribution in [0.2, 0.25) is 5.02 Å². The highest BCUT2D eigenvalue weighted by Gasteiger charge is 2.35. The maximum Gasteiger partial charge on any atom is 0.141 e. The molecule has 0 saturated heterocycles. The van der Waals surface area contributed by atoms with E-state index in [-0.39, 0.29) is 11.2 Å². The number of halogens is 1. The van der Waals surface area contributed by atoms with Crippen LogP contribution in [-0.4, -0.2) is 11.7 Å². The Balaban J connectivity index is 2.68. The summed E-state index contributed by atoms with van der Waals surface area (Å²) in [7, 11) is 0. The zero-order chi connectivity index (χ0) is 9.64. The van der Waals surface area contributed by atoms with Crippen LogP contribution < -0.4 is 4.74 Å². The van der Waals surface area contributed by atoms with Crippen molar-refractivity contribution in [2.24, 2.45) is 0 Å². The molecule has 0 radical (unpaired) electrons. The molecule has 13 heavy (non-hydrogen) atoms. The molecule has 1 heterocycles. The number of phenols is 1. The van der Waals surface area contributed by atoms with Crippen LogP contribution in [0.25, 0.3) is 0 Å². The van der Waals surface area contributed by atoms with Crippen molar-refractivity contribution in [2.45, 2.75) is 19.3 Å². The third kappa shape index (κ3) is 1.17. The van der Waals surface area contributed by atoms with Gasteiger partial charge in [-0.2, -0.15) is 0 Å². The maximum atomic E-state index is 9.74. The number of fused-ring (bicyclic) bond motifs is 1. The highest BCUT2D eigenvalue weighted by Crippen LogP contribution is 2.46. The zero-order valence-corrected chi connectivity index (χ0v) is 8.35. The number of phenolic OH excluding ortho intramolecular Hbond substituents is 1. The van der Waals surface area contributed by atoms with E-state index in [1.807, 2.05) is 13.8 Å². The van der Waals surface area contributed by atoms with E-state index in [0.717, 1.165) is 11.3 Å². The van der Waals surface area contributed by atoms with Crippen LogP contribution in [0.5, 0.6) is 11.5 Å². The standard InChI is InChI=1S/C10H11ClO2/c1-10(2)5-13-7-4-3-6(11)9(12)8(7)10/h3-4,12H,5H2,1-2H3. The van der Waals surface area contributed by atoms with Crippen molar-refractivity contribution >= 4 is 11.6 Å². The van der Waals surface area contributed by atoms with Gasteiger partial charge in [-0.15, -0.1) is 0 Å². The largest absolute Gasteiger partial charge is 0.506 e. The molecule has 2 nitrogen and oxygen atoms in total. The van der Waals surface area contributed by atoms with E-state index in [2.05, 4.69) is 0 Å². The van der Waals surface area contributed by atoms with Gasteiger partial charge in [0.25, 0.3) is 0 Å².